The first-order valence-corrected chi connectivity index (χ1v) is 13.8. The van der Waals surface area contributed by atoms with E-state index in [1.54, 1.807) is 24.1 Å². The smallest absolute Gasteiger partial charge is 0.225 e. The molecule has 1 aliphatic carbocycles. The van der Waals surface area contributed by atoms with E-state index in [2.05, 4.69) is 0 Å². The summed E-state index contributed by atoms with van der Waals surface area (Å²) in [5, 5.41) is 22.5. The first-order chi connectivity index (χ1) is 18.6. The molecule has 0 spiro atoms. The van der Waals surface area contributed by atoms with E-state index in [0.29, 0.717) is 57.4 Å². The second-order valence-electron chi connectivity index (χ2n) is 11.0. The maximum atomic E-state index is 15.4. The Bertz CT molecular complexity index is 1140. The maximum absolute atomic E-state index is 15.4. The monoisotopic (exact) mass is 546 g/mol. The molecule has 1 saturated heterocycles. The molecule has 2 aromatic rings. The molecule has 0 bridgehead atoms. The SMILES string of the molecule is COCCCC[C@@](O)(c1cc(F)cc(F)c1Oc1ccccc1C)[C@@H]1CCCN(C(=O)[C@H]2C[C@@H](N)[C@@H](O)C2)C1. The van der Waals surface area contributed by atoms with Crippen LogP contribution < -0.4 is 10.5 Å². The summed E-state index contributed by atoms with van der Waals surface area (Å²) < 4.78 is 41.3. The Balaban J connectivity index is 1.69. The predicted octanol–water partition coefficient (Wildman–Crippen LogP) is 4.41. The first-order valence-electron chi connectivity index (χ1n) is 13.8. The lowest BCUT2D eigenvalue weighted by Crippen LogP contribution is -2.49. The molecule has 0 aromatic heterocycles. The van der Waals surface area contributed by atoms with Gasteiger partial charge < -0.3 is 30.3 Å². The van der Waals surface area contributed by atoms with Crippen molar-refractivity contribution in [2.45, 2.75) is 69.6 Å². The Morgan fingerprint density at radius 2 is 1.97 bits per heavy atom. The number of hydrogen-bond donors (Lipinski definition) is 3. The number of aryl methyl sites for hydroxylation is 1. The van der Waals surface area contributed by atoms with Crippen LogP contribution in [0.15, 0.2) is 36.4 Å². The summed E-state index contributed by atoms with van der Waals surface area (Å²) in [6.45, 7) is 3.05. The van der Waals surface area contributed by atoms with Gasteiger partial charge >= 0.3 is 0 Å². The summed E-state index contributed by atoms with van der Waals surface area (Å²) in [5.74, 6) is -2.49. The van der Waals surface area contributed by atoms with Crippen molar-refractivity contribution < 1.29 is 33.3 Å². The highest BCUT2D eigenvalue weighted by Crippen LogP contribution is 2.46. The van der Waals surface area contributed by atoms with Gasteiger partial charge in [-0.3, -0.25) is 4.79 Å². The second-order valence-corrected chi connectivity index (χ2v) is 11.0. The zero-order valence-corrected chi connectivity index (χ0v) is 22.7. The normalized spacial score (nSPS) is 24.9. The largest absolute Gasteiger partial charge is 0.454 e. The van der Waals surface area contributed by atoms with Crippen LogP contribution in [0.3, 0.4) is 0 Å². The molecular weight excluding hydrogens is 506 g/mol. The van der Waals surface area contributed by atoms with Crippen molar-refractivity contribution in [1.82, 2.24) is 4.90 Å². The number of para-hydroxylation sites is 1. The molecule has 0 unspecified atom stereocenters. The van der Waals surface area contributed by atoms with Crippen molar-refractivity contribution >= 4 is 5.91 Å². The molecule has 4 rings (SSSR count). The van der Waals surface area contributed by atoms with Gasteiger partial charge in [-0.2, -0.15) is 0 Å². The molecule has 1 amide bonds. The molecule has 1 aliphatic heterocycles. The van der Waals surface area contributed by atoms with E-state index >= 15 is 4.39 Å². The topological polar surface area (TPSA) is 105 Å². The number of hydrogen-bond acceptors (Lipinski definition) is 6. The van der Waals surface area contributed by atoms with E-state index in [9.17, 15) is 19.4 Å². The number of nitrogens with zero attached hydrogens (tertiary/aromatic N) is 1. The molecule has 39 heavy (non-hydrogen) atoms. The zero-order valence-electron chi connectivity index (χ0n) is 22.7. The Morgan fingerprint density at radius 1 is 1.21 bits per heavy atom. The van der Waals surface area contributed by atoms with Crippen molar-refractivity contribution in [3.05, 3.63) is 59.2 Å². The molecule has 9 heteroatoms. The van der Waals surface area contributed by atoms with Gasteiger partial charge in [0.05, 0.1) is 11.7 Å². The Kier molecular flexibility index (Phi) is 9.59. The van der Waals surface area contributed by atoms with Crippen LogP contribution in [0.25, 0.3) is 0 Å². The fourth-order valence-corrected chi connectivity index (χ4v) is 6.04. The third-order valence-corrected chi connectivity index (χ3v) is 8.27. The van der Waals surface area contributed by atoms with Gasteiger partial charge in [-0.05, 0) is 69.6 Å². The first kappa shape index (κ1) is 29.4. The van der Waals surface area contributed by atoms with E-state index in [-0.39, 0.29) is 36.1 Å². The minimum absolute atomic E-state index is 0.0401. The summed E-state index contributed by atoms with van der Waals surface area (Å²) in [6.07, 6.45) is 2.61. The van der Waals surface area contributed by atoms with Crippen molar-refractivity contribution in [2.24, 2.45) is 17.6 Å². The van der Waals surface area contributed by atoms with Crippen LogP contribution in [-0.4, -0.2) is 60.0 Å². The number of nitrogens with two attached hydrogens (primary N) is 1. The molecule has 0 radical (unpaired) electrons. The average molecular weight is 547 g/mol. The number of rotatable bonds is 10. The highest BCUT2D eigenvalue weighted by atomic mass is 19.1. The summed E-state index contributed by atoms with van der Waals surface area (Å²) in [7, 11) is 1.60. The zero-order chi connectivity index (χ0) is 28.2. The van der Waals surface area contributed by atoms with Crippen molar-refractivity contribution in [2.75, 3.05) is 26.8 Å². The summed E-state index contributed by atoms with van der Waals surface area (Å²) in [4.78, 5) is 15.1. The minimum Gasteiger partial charge on any atom is -0.454 e. The molecular formula is C30H40F2N2O5. The number of halogens is 2. The molecule has 5 atom stereocenters. The summed E-state index contributed by atoms with van der Waals surface area (Å²) >= 11 is 0. The number of ether oxygens (including phenoxy) is 2. The standard InChI is InChI=1S/C30H40F2N2O5/c1-19-8-3-4-10-27(19)39-28-23(16-22(31)17-24(28)32)30(37,11-5-6-13-38-2)21-9-7-12-34(18-21)29(36)20-14-25(33)26(35)15-20/h3-4,8,10,16-17,20-21,25-26,35,37H,5-7,9,11-15,18,33H2,1-2H3/t20-,21+,25+,26-,30-/m0/s1. The highest BCUT2D eigenvalue weighted by Gasteiger charge is 2.45. The van der Waals surface area contributed by atoms with Crippen LogP contribution in [0, 0.1) is 30.4 Å². The minimum atomic E-state index is -1.67. The van der Waals surface area contributed by atoms with Gasteiger partial charge in [0.15, 0.2) is 11.6 Å². The number of aliphatic hydroxyl groups is 2. The number of piperidine rings is 1. The van der Waals surface area contributed by atoms with E-state index in [1.165, 1.54) is 0 Å². The Labute approximate surface area is 228 Å². The van der Waals surface area contributed by atoms with Crippen molar-refractivity contribution in [3.63, 3.8) is 0 Å². The number of carbonyl (C=O) groups is 1. The number of amides is 1. The molecule has 214 valence electrons. The van der Waals surface area contributed by atoms with Crippen LogP contribution >= 0.6 is 0 Å². The number of methoxy groups -OCH3 is 1. The average Bonchev–Trinajstić information content (AvgIpc) is 3.26. The number of aliphatic hydroxyl groups excluding tert-OH is 1. The molecule has 4 N–H and O–H groups in total. The predicted molar refractivity (Wildman–Crippen MR) is 143 cm³/mol. The highest BCUT2D eigenvalue weighted by molar-refractivity contribution is 5.79. The number of carbonyl (C=O) groups excluding carboxylic acids is 1. The Morgan fingerprint density at radius 3 is 2.67 bits per heavy atom. The molecule has 1 saturated carbocycles. The van der Waals surface area contributed by atoms with E-state index in [1.807, 2.05) is 19.1 Å². The fraction of sp³-hybridized carbons (Fsp3) is 0.567. The fourth-order valence-electron chi connectivity index (χ4n) is 6.04. The molecule has 2 aromatic carbocycles. The number of likely N-dealkylation sites (tertiary alicyclic amines) is 1. The third kappa shape index (κ3) is 6.60. The van der Waals surface area contributed by atoms with Crippen LogP contribution in [0.4, 0.5) is 8.78 Å². The molecule has 2 fully saturated rings. The van der Waals surface area contributed by atoms with Gasteiger partial charge in [0.1, 0.15) is 11.6 Å². The quantitative estimate of drug-likeness (QED) is 0.382. The van der Waals surface area contributed by atoms with Gasteiger partial charge in [-0.1, -0.05) is 18.2 Å². The van der Waals surface area contributed by atoms with Gasteiger partial charge in [0.2, 0.25) is 5.91 Å². The molecule has 7 nitrogen and oxygen atoms in total. The summed E-state index contributed by atoms with van der Waals surface area (Å²) in [5.41, 5.74) is 5.09. The van der Waals surface area contributed by atoms with Gasteiger partial charge in [0, 0.05) is 56.3 Å². The lowest BCUT2D eigenvalue weighted by molar-refractivity contribution is -0.141. The number of unbranched alkanes of at least 4 members (excludes halogenated alkanes) is 1. The van der Waals surface area contributed by atoms with Crippen molar-refractivity contribution in [1.29, 1.82) is 0 Å². The second kappa shape index (κ2) is 12.7. The lowest BCUT2D eigenvalue weighted by atomic mass is 9.73. The van der Waals surface area contributed by atoms with Crippen LogP contribution in [0.5, 0.6) is 11.5 Å². The molecule has 2 aliphatic rings. The van der Waals surface area contributed by atoms with Crippen LogP contribution in [0.1, 0.15) is 56.1 Å². The number of benzene rings is 2. The van der Waals surface area contributed by atoms with Gasteiger partial charge in [-0.15, -0.1) is 0 Å². The Hall–Kier alpha value is -2.59. The van der Waals surface area contributed by atoms with Crippen LogP contribution in [-0.2, 0) is 15.1 Å². The van der Waals surface area contributed by atoms with Crippen molar-refractivity contribution in [3.8, 4) is 11.5 Å². The third-order valence-electron chi connectivity index (χ3n) is 8.27. The van der Waals surface area contributed by atoms with E-state index in [0.717, 1.165) is 17.7 Å². The van der Waals surface area contributed by atoms with Gasteiger partial charge in [-0.25, -0.2) is 8.78 Å². The van der Waals surface area contributed by atoms with E-state index < -0.39 is 35.3 Å². The summed E-state index contributed by atoms with van der Waals surface area (Å²) in [6, 6.07) is 8.59. The molecule has 1 heterocycles. The van der Waals surface area contributed by atoms with Gasteiger partial charge in [0.25, 0.3) is 0 Å². The van der Waals surface area contributed by atoms with E-state index in [4.69, 9.17) is 15.2 Å². The van der Waals surface area contributed by atoms with Crippen LogP contribution in [0.2, 0.25) is 0 Å². The maximum Gasteiger partial charge on any atom is 0.225 e. The lowest BCUT2D eigenvalue weighted by Gasteiger charge is -2.44.